The van der Waals surface area contributed by atoms with E-state index in [4.69, 9.17) is 4.74 Å². The van der Waals surface area contributed by atoms with Crippen molar-refractivity contribution < 1.29 is 13.9 Å². The Morgan fingerprint density at radius 1 is 1.27 bits per heavy atom. The maximum Gasteiger partial charge on any atom is 0.257 e. The van der Waals surface area contributed by atoms with Crippen LogP contribution in [0.5, 0.6) is 5.75 Å². The maximum atomic E-state index is 14.1. The fraction of sp³-hybridized carbons (Fsp3) is 0.368. The average molecular weight is 378 g/mol. The monoisotopic (exact) mass is 377 g/mol. The summed E-state index contributed by atoms with van der Waals surface area (Å²) in [4.78, 5) is 18.6. The fourth-order valence-electron chi connectivity index (χ4n) is 4.06. The van der Waals surface area contributed by atoms with Gasteiger partial charge in [-0.15, -0.1) is 12.4 Å². The molecule has 2 saturated heterocycles. The molecule has 0 saturated carbocycles. The maximum absolute atomic E-state index is 14.1. The van der Waals surface area contributed by atoms with Crippen molar-refractivity contribution in [2.45, 2.75) is 6.04 Å². The van der Waals surface area contributed by atoms with Crippen LogP contribution < -0.4 is 10.1 Å². The molecule has 2 fully saturated rings. The van der Waals surface area contributed by atoms with E-state index in [2.05, 4.69) is 10.3 Å². The number of hydrogen-bond donors (Lipinski definition) is 1. The summed E-state index contributed by atoms with van der Waals surface area (Å²) in [5.74, 6) is 0.662. The lowest BCUT2D eigenvalue weighted by Crippen LogP contribution is -2.35. The number of carbonyl (C=O) groups is 1. The summed E-state index contributed by atoms with van der Waals surface area (Å²) in [5.41, 5.74) is 1.14. The van der Waals surface area contributed by atoms with Gasteiger partial charge in [0, 0.05) is 31.7 Å². The van der Waals surface area contributed by atoms with Crippen molar-refractivity contribution in [2.75, 3.05) is 26.7 Å². The largest absolute Gasteiger partial charge is 0.497 e. The van der Waals surface area contributed by atoms with Crippen LogP contribution in [0.2, 0.25) is 0 Å². The van der Waals surface area contributed by atoms with E-state index in [-0.39, 0.29) is 29.9 Å². The molecule has 1 aromatic heterocycles. The van der Waals surface area contributed by atoms with Gasteiger partial charge in [-0.2, -0.15) is 0 Å². The minimum Gasteiger partial charge on any atom is -0.497 e. The Morgan fingerprint density at radius 2 is 2.04 bits per heavy atom. The number of benzene rings is 1. The Kier molecular flexibility index (Phi) is 5.44. The van der Waals surface area contributed by atoms with Crippen molar-refractivity contribution in [2.24, 2.45) is 11.8 Å². The molecular weight excluding hydrogens is 357 g/mol. The summed E-state index contributed by atoms with van der Waals surface area (Å²) >= 11 is 0. The third-order valence-corrected chi connectivity index (χ3v) is 5.29. The van der Waals surface area contributed by atoms with Gasteiger partial charge >= 0.3 is 0 Å². The predicted molar refractivity (Wildman–Crippen MR) is 98.1 cm³/mol. The van der Waals surface area contributed by atoms with E-state index < -0.39 is 5.82 Å². The number of ether oxygens (including phenoxy) is 1. The Bertz CT molecular complexity index is 787. The Morgan fingerprint density at radius 3 is 2.73 bits per heavy atom. The number of aromatic nitrogens is 1. The van der Waals surface area contributed by atoms with Gasteiger partial charge in [-0.25, -0.2) is 4.39 Å². The van der Waals surface area contributed by atoms with Crippen LogP contribution in [0, 0.1) is 17.7 Å². The molecule has 0 spiro atoms. The number of fused-ring (bicyclic) bond motifs is 1. The normalized spacial score (nSPS) is 24.1. The van der Waals surface area contributed by atoms with Gasteiger partial charge in [0.05, 0.1) is 24.9 Å². The van der Waals surface area contributed by atoms with E-state index in [1.54, 1.807) is 7.11 Å². The topological polar surface area (TPSA) is 54.5 Å². The molecule has 4 rings (SSSR count). The minimum atomic E-state index is -0.573. The number of nitrogens with one attached hydrogen (secondary N) is 1. The number of rotatable bonds is 3. The number of hydrogen-bond acceptors (Lipinski definition) is 4. The van der Waals surface area contributed by atoms with Crippen molar-refractivity contribution in [3.05, 3.63) is 59.7 Å². The van der Waals surface area contributed by atoms with Gasteiger partial charge < -0.3 is 15.0 Å². The smallest absolute Gasteiger partial charge is 0.257 e. The van der Waals surface area contributed by atoms with Gasteiger partial charge in [0.2, 0.25) is 0 Å². The predicted octanol–water partition coefficient (Wildman–Crippen LogP) is 2.68. The highest BCUT2D eigenvalue weighted by molar-refractivity contribution is 5.95. The van der Waals surface area contributed by atoms with E-state index in [0.717, 1.165) is 30.6 Å². The summed E-state index contributed by atoms with van der Waals surface area (Å²) in [6, 6.07) is 9.18. The first-order valence-corrected chi connectivity index (χ1v) is 8.44. The number of likely N-dealkylation sites (tertiary alicyclic amines) is 1. The van der Waals surface area contributed by atoms with Crippen LogP contribution in [0.4, 0.5) is 4.39 Å². The molecule has 1 aromatic carbocycles. The van der Waals surface area contributed by atoms with Crippen LogP contribution >= 0.6 is 12.4 Å². The van der Waals surface area contributed by atoms with E-state index in [9.17, 15) is 9.18 Å². The number of nitrogens with zero attached hydrogens (tertiary/aromatic N) is 2. The molecule has 0 bridgehead atoms. The SMILES string of the molecule is COc1ccc([C@@H]2[C@H]3CNC[C@H]3CN2C(=O)c2ccncc2F)cc1.Cl. The first-order chi connectivity index (χ1) is 12.2. The van der Waals surface area contributed by atoms with Gasteiger partial charge in [0.1, 0.15) is 5.75 Å². The van der Waals surface area contributed by atoms with Crippen LogP contribution in [0.15, 0.2) is 42.7 Å². The van der Waals surface area contributed by atoms with Gasteiger partial charge in [0.25, 0.3) is 5.91 Å². The van der Waals surface area contributed by atoms with Crippen molar-refractivity contribution in [3.8, 4) is 5.75 Å². The van der Waals surface area contributed by atoms with E-state index in [1.165, 1.54) is 12.3 Å². The number of halogens is 2. The lowest BCUT2D eigenvalue weighted by Gasteiger charge is -2.28. The van der Waals surface area contributed by atoms with Crippen molar-refractivity contribution in [3.63, 3.8) is 0 Å². The van der Waals surface area contributed by atoms with Gasteiger partial charge in [-0.05, 0) is 29.7 Å². The van der Waals surface area contributed by atoms with Crippen LogP contribution in [-0.4, -0.2) is 42.5 Å². The van der Waals surface area contributed by atoms with Crippen molar-refractivity contribution in [1.82, 2.24) is 15.2 Å². The summed E-state index contributed by atoms with van der Waals surface area (Å²) < 4.78 is 19.3. The lowest BCUT2D eigenvalue weighted by atomic mass is 9.89. The molecule has 2 aromatic rings. The number of carbonyl (C=O) groups excluding carboxylic acids is 1. The van der Waals surface area contributed by atoms with Crippen LogP contribution in [0.1, 0.15) is 22.0 Å². The molecule has 2 aliphatic rings. The molecule has 0 aliphatic carbocycles. The van der Waals surface area contributed by atoms with Crippen LogP contribution in [0.25, 0.3) is 0 Å². The van der Waals surface area contributed by atoms with Crippen LogP contribution in [0.3, 0.4) is 0 Å². The summed E-state index contributed by atoms with van der Waals surface area (Å²) in [6.45, 7) is 2.39. The molecule has 3 heterocycles. The lowest BCUT2D eigenvalue weighted by molar-refractivity contribution is 0.0709. The highest BCUT2D eigenvalue weighted by atomic mass is 35.5. The molecule has 2 aliphatic heterocycles. The Labute approximate surface area is 158 Å². The molecule has 0 unspecified atom stereocenters. The van der Waals surface area contributed by atoms with E-state index >= 15 is 0 Å². The summed E-state index contributed by atoms with van der Waals surface area (Å²) in [7, 11) is 1.63. The molecule has 1 N–H and O–H groups in total. The minimum absolute atomic E-state index is 0. The number of pyridine rings is 1. The quantitative estimate of drug-likeness (QED) is 0.893. The molecule has 5 nitrogen and oxygen atoms in total. The molecule has 0 radical (unpaired) electrons. The van der Waals surface area contributed by atoms with Gasteiger partial charge in [-0.3, -0.25) is 9.78 Å². The third kappa shape index (κ3) is 3.15. The fourth-order valence-corrected chi connectivity index (χ4v) is 4.06. The van der Waals surface area contributed by atoms with Crippen LogP contribution in [-0.2, 0) is 0 Å². The average Bonchev–Trinajstić information content (AvgIpc) is 3.22. The molecule has 138 valence electrons. The third-order valence-electron chi connectivity index (χ3n) is 5.29. The first-order valence-electron chi connectivity index (χ1n) is 8.44. The Hall–Kier alpha value is -2.18. The second kappa shape index (κ2) is 7.60. The molecular formula is C19H21ClFN3O2. The van der Waals surface area contributed by atoms with Crippen molar-refractivity contribution >= 4 is 18.3 Å². The summed E-state index contributed by atoms with van der Waals surface area (Å²) in [5, 5.41) is 3.41. The highest BCUT2D eigenvalue weighted by Gasteiger charge is 2.47. The number of amides is 1. The van der Waals surface area contributed by atoms with E-state index in [1.807, 2.05) is 29.2 Å². The summed E-state index contributed by atoms with van der Waals surface area (Å²) in [6.07, 6.45) is 2.55. The molecule has 7 heteroatoms. The van der Waals surface area contributed by atoms with E-state index in [0.29, 0.717) is 18.4 Å². The molecule has 1 amide bonds. The zero-order valence-corrected chi connectivity index (χ0v) is 15.2. The zero-order chi connectivity index (χ0) is 17.4. The molecule has 26 heavy (non-hydrogen) atoms. The standard InChI is InChI=1S/C19H20FN3O2.ClH/c1-25-14-4-2-12(3-5-14)18-16-9-22-8-13(16)11-23(18)19(24)15-6-7-21-10-17(15)20;/h2-7,10,13,16,18,22H,8-9,11H2,1H3;1H/t13-,16-,18+;/m0./s1. The highest BCUT2D eigenvalue weighted by Crippen LogP contribution is 2.43. The van der Waals surface area contributed by atoms with Gasteiger partial charge in [-0.1, -0.05) is 12.1 Å². The zero-order valence-electron chi connectivity index (χ0n) is 14.4. The Balaban J connectivity index is 0.00000196. The van der Waals surface area contributed by atoms with Gasteiger partial charge in [0.15, 0.2) is 5.82 Å². The van der Waals surface area contributed by atoms with Crippen molar-refractivity contribution in [1.29, 1.82) is 0 Å². The second-order valence-corrected chi connectivity index (χ2v) is 6.61. The number of methoxy groups -OCH3 is 1. The first kappa shape index (κ1) is 18.6. The molecule has 3 atom stereocenters. The second-order valence-electron chi connectivity index (χ2n) is 6.61.